The molecule has 0 aromatic rings. The number of rotatable bonds is 5. The molecule has 2 aliphatic rings. The molecule has 1 N–H and O–H groups in total. The molecule has 0 radical (unpaired) electrons. The predicted octanol–water partition coefficient (Wildman–Crippen LogP) is 5.61. The van der Waals surface area contributed by atoms with Gasteiger partial charge in [-0.1, -0.05) is 37.4 Å². The van der Waals surface area contributed by atoms with E-state index in [1.807, 2.05) is 0 Å². The molecule has 0 amide bonds. The van der Waals surface area contributed by atoms with Gasteiger partial charge < -0.3 is 13.8 Å². The zero-order chi connectivity index (χ0) is 20.0. The van der Waals surface area contributed by atoms with Gasteiger partial charge in [-0.05, 0) is 78.4 Å². The zero-order valence-electron chi connectivity index (χ0n) is 18.6. The lowest BCUT2D eigenvalue weighted by Crippen LogP contribution is -2.60. The van der Waals surface area contributed by atoms with E-state index in [2.05, 4.69) is 97.0 Å². The maximum absolute atomic E-state index is 6.82. The lowest BCUT2D eigenvalue weighted by Gasteiger charge is -2.44. The SMILES string of the molecule is CC(C)(C)N[Si](C)(C)C1C(O[Si](C)(C)OC(C)(C)C)CC2C=CC=CC21. The fraction of sp³-hybridized carbons (Fsp3) is 0.810. The second-order valence-corrected chi connectivity index (χ2v) is 18.7. The number of hydrogen-bond donors (Lipinski definition) is 1. The number of hydrogen-bond acceptors (Lipinski definition) is 3. The minimum atomic E-state index is -2.20. The highest BCUT2D eigenvalue weighted by Gasteiger charge is 2.53. The lowest BCUT2D eigenvalue weighted by molar-refractivity contribution is 0.0472. The minimum absolute atomic E-state index is 0.126. The summed E-state index contributed by atoms with van der Waals surface area (Å²) in [5.74, 6) is 1.18. The van der Waals surface area contributed by atoms with Crippen LogP contribution in [0.3, 0.4) is 0 Å². The molecular weight excluding hydrogens is 354 g/mol. The molecule has 26 heavy (non-hydrogen) atoms. The first kappa shape index (κ1) is 22.1. The van der Waals surface area contributed by atoms with Gasteiger partial charge in [0.15, 0.2) is 0 Å². The van der Waals surface area contributed by atoms with E-state index >= 15 is 0 Å². The Bertz CT molecular complexity index is 555. The molecule has 0 saturated heterocycles. The van der Waals surface area contributed by atoms with Gasteiger partial charge in [-0.15, -0.1) is 0 Å². The van der Waals surface area contributed by atoms with E-state index in [1.54, 1.807) is 0 Å². The van der Waals surface area contributed by atoms with Gasteiger partial charge in [0.2, 0.25) is 0 Å². The molecular formula is C21H41NO2Si2. The molecule has 5 heteroatoms. The fourth-order valence-electron chi connectivity index (χ4n) is 5.20. The van der Waals surface area contributed by atoms with Crippen molar-refractivity contribution in [3.8, 4) is 0 Å². The Morgan fingerprint density at radius 1 is 0.923 bits per heavy atom. The molecule has 1 fully saturated rings. The van der Waals surface area contributed by atoms with Crippen LogP contribution in [0.2, 0.25) is 31.7 Å². The van der Waals surface area contributed by atoms with E-state index in [-0.39, 0.29) is 17.2 Å². The topological polar surface area (TPSA) is 30.5 Å². The highest BCUT2D eigenvalue weighted by atomic mass is 28.4. The molecule has 2 aliphatic carbocycles. The van der Waals surface area contributed by atoms with Crippen LogP contribution in [0, 0.1) is 11.8 Å². The Morgan fingerprint density at radius 3 is 2.04 bits per heavy atom. The highest BCUT2D eigenvalue weighted by Crippen LogP contribution is 2.51. The van der Waals surface area contributed by atoms with Crippen LogP contribution >= 0.6 is 0 Å². The quantitative estimate of drug-likeness (QED) is 0.613. The van der Waals surface area contributed by atoms with Crippen LogP contribution in [-0.2, 0) is 8.85 Å². The van der Waals surface area contributed by atoms with Crippen molar-refractivity contribution >= 4 is 16.8 Å². The van der Waals surface area contributed by atoms with Crippen molar-refractivity contribution in [3.63, 3.8) is 0 Å². The van der Waals surface area contributed by atoms with Crippen molar-refractivity contribution in [2.75, 3.05) is 0 Å². The van der Waals surface area contributed by atoms with Crippen molar-refractivity contribution in [2.45, 2.75) is 96.9 Å². The molecule has 0 heterocycles. The van der Waals surface area contributed by atoms with Gasteiger partial charge in [0.25, 0.3) is 0 Å². The van der Waals surface area contributed by atoms with Crippen molar-refractivity contribution in [1.82, 2.24) is 4.98 Å². The monoisotopic (exact) mass is 395 g/mol. The van der Waals surface area contributed by atoms with Crippen LogP contribution < -0.4 is 4.98 Å². The average molecular weight is 396 g/mol. The van der Waals surface area contributed by atoms with E-state index in [0.717, 1.165) is 6.42 Å². The largest absolute Gasteiger partial charge is 0.391 e. The van der Waals surface area contributed by atoms with Gasteiger partial charge in [0, 0.05) is 5.54 Å². The van der Waals surface area contributed by atoms with E-state index in [1.165, 1.54) is 0 Å². The Kier molecular flexibility index (Phi) is 6.22. The first-order valence-electron chi connectivity index (χ1n) is 10.1. The van der Waals surface area contributed by atoms with E-state index in [9.17, 15) is 0 Å². The van der Waals surface area contributed by atoms with Crippen molar-refractivity contribution < 1.29 is 8.85 Å². The van der Waals surface area contributed by atoms with Crippen LogP contribution in [0.15, 0.2) is 24.3 Å². The third kappa shape index (κ3) is 5.89. The van der Waals surface area contributed by atoms with Crippen LogP contribution in [0.1, 0.15) is 48.0 Å². The van der Waals surface area contributed by atoms with Crippen LogP contribution in [0.25, 0.3) is 0 Å². The first-order chi connectivity index (χ1) is 11.6. The van der Waals surface area contributed by atoms with Crippen molar-refractivity contribution in [1.29, 1.82) is 0 Å². The molecule has 3 nitrogen and oxygen atoms in total. The third-order valence-electron chi connectivity index (χ3n) is 5.13. The molecule has 1 saturated carbocycles. The summed E-state index contributed by atoms with van der Waals surface area (Å²) in [5.41, 5.74) is 0.525. The zero-order valence-corrected chi connectivity index (χ0v) is 20.6. The summed E-state index contributed by atoms with van der Waals surface area (Å²) in [6.45, 7) is 22.6. The summed E-state index contributed by atoms with van der Waals surface area (Å²) in [7, 11) is -3.93. The van der Waals surface area contributed by atoms with E-state index in [0.29, 0.717) is 17.4 Å². The molecule has 2 rings (SSSR count). The normalized spacial score (nSPS) is 29.9. The molecule has 0 aromatic heterocycles. The number of allylic oxidation sites excluding steroid dienone is 4. The second-order valence-electron chi connectivity index (χ2n) is 11.1. The van der Waals surface area contributed by atoms with Gasteiger partial charge in [-0.3, -0.25) is 0 Å². The maximum atomic E-state index is 6.82. The van der Waals surface area contributed by atoms with Crippen LogP contribution in [0.4, 0.5) is 0 Å². The second kappa shape index (κ2) is 7.32. The van der Waals surface area contributed by atoms with E-state index in [4.69, 9.17) is 8.85 Å². The Labute approximate surface area is 164 Å². The van der Waals surface area contributed by atoms with Crippen LogP contribution in [0.5, 0.6) is 0 Å². The highest BCUT2D eigenvalue weighted by molar-refractivity contribution is 6.77. The lowest BCUT2D eigenvalue weighted by atomic mass is 9.92. The summed E-state index contributed by atoms with van der Waals surface area (Å²) in [4.78, 5) is 4.01. The summed E-state index contributed by atoms with van der Waals surface area (Å²) in [6, 6.07) is 0. The van der Waals surface area contributed by atoms with Gasteiger partial charge in [0.1, 0.15) is 8.24 Å². The predicted molar refractivity (Wildman–Crippen MR) is 117 cm³/mol. The smallest absolute Gasteiger partial charge is 0.332 e. The summed E-state index contributed by atoms with van der Waals surface area (Å²) in [5, 5.41) is 0. The first-order valence-corrected chi connectivity index (χ1v) is 16.0. The number of nitrogens with one attached hydrogen (secondary N) is 1. The third-order valence-corrected chi connectivity index (χ3v) is 10.9. The molecule has 0 spiro atoms. The molecule has 0 bridgehead atoms. The standard InChI is InChI=1S/C21H41NO2Si2/c1-20(2,3)22-25(7,8)19-17-14-12-11-13-16(17)15-18(19)23-26(9,10)24-21(4,5)6/h11-14,16-19,22H,15H2,1-10H3. The Hall–Kier alpha value is -0.206. The minimum Gasteiger partial charge on any atom is -0.391 e. The van der Waals surface area contributed by atoms with Gasteiger partial charge in [0.05, 0.1) is 11.7 Å². The average Bonchev–Trinajstić information content (AvgIpc) is 2.69. The molecule has 150 valence electrons. The van der Waals surface area contributed by atoms with Gasteiger partial charge >= 0.3 is 8.56 Å². The van der Waals surface area contributed by atoms with Crippen LogP contribution in [-0.4, -0.2) is 34.0 Å². The summed E-state index contributed by atoms with van der Waals surface area (Å²) >= 11 is 0. The summed E-state index contributed by atoms with van der Waals surface area (Å²) < 4.78 is 13.2. The van der Waals surface area contributed by atoms with Gasteiger partial charge in [-0.2, -0.15) is 0 Å². The Morgan fingerprint density at radius 2 is 1.50 bits per heavy atom. The molecule has 4 atom stereocenters. The fourth-order valence-corrected chi connectivity index (χ4v) is 12.4. The Balaban J connectivity index is 2.28. The molecule has 0 aromatic carbocycles. The van der Waals surface area contributed by atoms with Crippen molar-refractivity contribution in [2.24, 2.45) is 11.8 Å². The maximum Gasteiger partial charge on any atom is 0.332 e. The van der Waals surface area contributed by atoms with Crippen molar-refractivity contribution in [3.05, 3.63) is 24.3 Å². The van der Waals surface area contributed by atoms with E-state index < -0.39 is 16.8 Å². The summed E-state index contributed by atoms with van der Waals surface area (Å²) in [6.07, 6.45) is 10.6. The molecule has 0 aliphatic heterocycles. The van der Waals surface area contributed by atoms with Gasteiger partial charge in [-0.25, -0.2) is 0 Å². The number of fused-ring (bicyclic) bond motifs is 1. The molecule has 4 unspecified atom stereocenters.